The van der Waals surface area contributed by atoms with Crippen LogP contribution in [0.4, 0.5) is 14.7 Å². The smallest absolute Gasteiger partial charge is 0.319 e. The summed E-state index contributed by atoms with van der Waals surface area (Å²) in [5.74, 6) is -1.80. The van der Waals surface area contributed by atoms with Crippen molar-refractivity contribution in [2.45, 2.75) is 59.0 Å². The SMILES string of the molecule is CCCCN(C(=O)Cc1ccccc1F)c1nnc(-c2ccc(CN3CC(C(=O)OC(=O)C4CN(Cc5ccc(-c6nnc(N(CC7CC7)C(=O)c7ccccc7C)s6)cc5)C4)C3)cc2)s1. The van der Waals surface area contributed by atoms with E-state index in [1.165, 1.54) is 28.7 Å². The van der Waals surface area contributed by atoms with Crippen LogP contribution in [0, 0.1) is 30.5 Å². The Morgan fingerprint density at radius 3 is 1.76 bits per heavy atom. The number of likely N-dealkylation sites (tertiary alicyclic amines) is 2. The Kier molecular flexibility index (Phi) is 13.8. The summed E-state index contributed by atoms with van der Waals surface area (Å²) in [5, 5.41) is 20.1. The van der Waals surface area contributed by atoms with Gasteiger partial charge < -0.3 is 4.74 Å². The Bertz CT molecular complexity index is 2690. The van der Waals surface area contributed by atoms with Crippen LogP contribution in [0.15, 0.2) is 97.1 Å². The molecule has 4 heterocycles. The fourth-order valence-corrected chi connectivity index (χ4v) is 9.93. The molecule has 0 bridgehead atoms. The molecule has 6 aromatic rings. The lowest BCUT2D eigenvalue weighted by Gasteiger charge is -2.39. The Labute approximate surface area is 391 Å². The van der Waals surface area contributed by atoms with E-state index in [1.54, 1.807) is 28.0 Å². The number of carbonyl (C=O) groups is 4. The number of aryl methyl sites for hydroxylation is 1. The summed E-state index contributed by atoms with van der Waals surface area (Å²) in [6.45, 7) is 8.49. The number of anilines is 2. The molecule has 66 heavy (non-hydrogen) atoms. The maximum Gasteiger partial charge on any atom is 0.319 e. The molecule has 0 N–H and O–H groups in total. The fraction of sp³-hybridized carbons (Fsp3) is 0.360. The maximum absolute atomic E-state index is 14.3. The van der Waals surface area contributed by atoms with Crippen molar-refractivity contribution in [3.05, 3.63) is 131 Å². The maximum atomic E-state index is 14.3. The number of ether oxygens (including phenoxy) is 1. The van der Waals surface area contributed by atoms with Crippen LogP contribution < -0.4 is 9.80 Å². The van der Waals surface area contributed by atoms with Crippen molar-refractivity contribution in [2.24, 2.45) is 17.8 Å². The van der Waals surface area contributed by atoms with E-state index in [0.29, 0.717) is 84.7 Å². The predicted octanol–water partition coefficient (Wildman–Crippen LogP) is 8.24. The largest absolute Gasteiger partial charge is 0.393 e. The molecule has 340 valence electrons. The molecule has 4 aromatic carbocycles. The van der Waals surface area contributed by atoms with Gasteiger partial charge in [-0.15, -0.1) is 20.4 Å². The number of nitrogens with zero attached hydrogens (tertiary/aromatic N) is 8. The molecule has 3 aliphatic rings. The summed E-state index contributed by atoms with van der Waals surface area (Å²) in [6, 6.07) is 30.0. The summed E-state index contributed by atoms with van der Waals surface area (Å²) in [4.78, 5) is 60.3. The van der Waals surface area contributed by atoms with Crippen molar-refractivity contribution >= 4 is 56.7 Å². The van der Waals surface area contributed by atoms with Crippen LogP contribution in [0.5, 0.6) is 0 Å². The molecule has 2 amide bonds. The number of halogens is 1. The normalized spacial score (nSPS) is 15.5. The first-order chi connectivity index (χ1) is 32.1. The first kappa shape index (κ1) is 45.1. The topological polar surface area (TPSA) is 142 Å². The number of hydrogen-bond donors (Lipinski definition) is 0. The highest BCUT2D eigenvalue weighted by molar-refractivity contribution is 7.19. The Morgan fingerprint density at radius 2 is 1.23 bits per heavy atom. The standard InChI is InChI=1S/C50H51FN8O5S2/c1-3-4-23-58(43(60)24-38-10-6-8-12-42(38)51)49-54-52-44(65-49)36-19-15-33(16-20-36)25-56-28-39(29-56)47(62)64-48(63)40-30-57(31-40)26-34-17-21-37(22-18-34)45-53-55-50(66-45)59(27-35-13-14-35)46(61)41-11-7-5-9-32(41)2/h5-12,15-22,35,39-40H,3-4,13-14,23-31H2,1-2H3. The van der Waals surface area contributed by atoms with E-state index in [2.05, 4.69) is 30.2 Å². The Morgan fingerprint density at radius 1 is 0.697 bits per heavy atom. The molecular weight excluding hydrogens is 876 g/mol. The minimum Gasteiger partial charge on any atom is -0.393 e. The summed E-state index contributed by atoms with van der Waals surface area (Å²) >= 11 is 2.75. The molecule has 13 nitrogen and oxygen atoms in total. The molecule has 1 saturated carbocycles. The Hall–Kier alpha value is -6.07. The third-order valence-corrected chi connectivity index (χ3v) is 14.4. The van der Waals surface area contributed by atoms with E-state index < -0.39 is 17.8 Å². The van der Waals surface area contributed by atoms with Gasteiger partial charge in [0, 0.05) is 69.0 Å². The summed E-state index contributed by atoms with van der Waals surface area (Å²) in [5.41, 5.74) is 5.91. The zero-order chi connectivity index (χ0) is 45.7. The molecule has 0 spiro atoms. The number of benzene rings is 4. The van der Waals surface area contributed by atoms with Gasteiger partial charge >= 0.3 is 11.9 Å². The zero-order valence-electron chi connectivity index (χ0n) is 37.0. The van der Waals surface area contributed by atoms with Crippen molar-refractivity contribution in [2.75, 3.05) is 49.1 Å². The third-order valence-electron chi connectivity index (χ3n) is 12.4. The first-order valence-electron chi connectivity index (χ1n) is 22.6. The summed E-state index contributed by atoms with van der Waals surface area (Å²) < 4.78 is 19.6. The molecule has 3 fully saturated rings. The minimum atomic E-state index is -0.469. The number of carbonyl (C=O) groups excluding carboxylic acids is 4. The lowest BCUT2D eigenvalue weighted by molar-refractivity contribution is -0.172. The highest BCUT2D eigenvalue weighted by Crippen LogP contribution is 2.36. The summed E-state index contributed by atoms with van der Waals surface area (Å²) in [7, 11) is 0. The van der Waals surface area contributed by atoms with Gasteiger partial charge in [-0.2, -0.15) is 0 Å². The van der Waals surface area contributed by atoms with Crippen LogP contribution in [0.25, 0.3) is 21.1 Å². The lowest BCUT2D eigenvalue weighted by Crippen LogP contribution is -2.53. The van der Waals surface area contributed by atoms with E-state index in [9.17, 15) is 23.6 Å². The van der Waals surface area contributed by atoms with Crippen LogP contribution in [-0.4, -0.2) is 93.2 Å². The average molecular weight is 927 g/mol. The van der Waals surface area contributed by atoms with Gasteiger partial charge in [-0.3, -0.25) is 38.8 Å². The van der Waals surface area contributed by atoms with Gasteiger partial charge in [-0.1, -0.05) is 121 Å². The molecule has 0 unspecified atom stereocenters. The van der Waals surface area contributed by atoms with Gasteiger partial charge in [0.15, 0.2) is 0 Å². The molecular formula is C50H51FN8O5S2. The second-order valence-electron chi connectivity index (χ2n) is 17.5. The van der Waals surface area contributed by atoms with Crippen LogP contribution in [0.3, 0.4) is 0 Å². The van der Waals surface area contributed by atoms with Crippen molar-refractivity contribution < 1.29 is 28.3 Å². The van der Waals surface area contributed by atoms with Gasteiger partial charge in [-0.05, 0) is 66.5 Å². The van der Waals surface area contributed by atoms with E-state index in [4.69, 9.17) is 4.74 Å². The molecule has 16 heteroatoms. The molecule has 2 aliphatic heterocycles. The van der Waals surface area contributed by atoms with Crippen molar-refractivity contribution in [3.8, 4) is 21.1 Å². The van der Waals surface area contributed by atoms with Crippen molar-refractivity contribution in [1.82, 2.24) is 30.2 Å². The molecule has 1 aliphatic carbocycles. The highest BCUT2D eigenvalue weighted by Gasteiger charge is 2.39. The Balaban J connectivity index is 0.700. The monoisotopic (exact) mass is 926 g/mol. The predicted molar refractivity (Wildman–Crippen MR) is 252 cm³/mol. The minimum absolute atomic E-state index is 0.0464. The van der Waals surface area contributed by atoms with Gasteiger partial charge in [-0.25, -0.2) is 4.39 Å². The van der Waals surface area contributed by atoms with E-state index in [-0.39, 0.29) is 30.1 Å². The van der Waals surface area contributed by atoms with Crippen LogP contribution >= 0.6 is 22.7 Å². The second kappa shape index (κ2) is 20.2. The number of aromatic nitrogens is 4. The summed E-state index contributed by atoms with van der Waals surface area (Å²) in [6.07, 6.45) is 3.86. The molecule has 9 rings (SSSR count). The molecule has 0 radical (unpaired) electrons. The van der Waals surface area contributed by atoms with Crippen LogP contribution in [0.2, 0.25) is 0 Å². The van der Waals surface area contributed by atoms with Gasteiger partial charge in [0.05, 0.1) is 18.3 Å². The van der Waals surface area contributed by atoms with E-state index in [0.717, 1.165) is 58.5 Å². The molecule has 2 aromatic heterocycles. The van der Waals surface area contributed by atoms with Crippen molar-refractivity contribution in [3.63, 3.8) is 0 Å². The average Bonchev–Trinajstić information content (AvgIpc) is 3.75. The number of amides is 2. The highest BCUT2D eigenvalue weighted by atomic mass is 32.1. The quantitative estimate of drug-likeness (QED) is 0.0608. The van der Waals surface area contributed by atoms with Crippen molar-refractivity contribution in [1.29, 1.82) is 0 Å². The van der Waals surface area contributed by atoms with Crippen LogP contribution in [-0.2, 0) is 38.6 Å². The fourth-order valence-electron chi connectivity index (χ4n) is 8.17. The lowest BCUT2D eigenvalue weighted by atomic mass is 9.97. The zero-order valence-corrected chi connectivity index (χ0v) is 38.6. The van der Waals surface area contributed by atoms with Gasteiger partial charge in [0.1, 0.15) is 15.8 Å². The first-order valence-corrected chi connectivity index (χ1v) is 24.2. The second-order valence-corrected chi connectivity index (χ2v) is 19.4. The number of hydrogen-bond acceptors (Lipinski definition) is 13. The van der Waals surface area contributed by atoms with Crippen LogP contribution in [0.1, 0.15) is 65.2 Å². The molecule has 2 saturated heterocycles. The number of unbranched alkanes of at least 4 members (excludes halogenated alkanes) is 1. The van der Waals surface area contributed by atoms with Gasteiger partial charge in [0.25, 0.3) is 5.91 Å². The number of esters is 2. The molecule has 0 atom stereocenters. The van der Waals surface area contributed by atoms with Gasteiger partial charge in [0.2, 0.25) is 16.2 Å². The third kappa shape index (κ3) is 10.6. The number of rotatable bonds is 18. The van der Waals surface area contributed by atoms with E-state index in [1.807, 2.05) is 86.6 Å². The van der Waals surface area contributed by atoms with E-state index >= 15 is 0 Å².